The number of ether oxygens (including phenoxy) is 1. The van der Waals surface area contributed by atoms with Crippen LogP contribution >= 0.6 is 0 Å². The molecule has 0 fully saturated rings. The van der Waals surface area contributed by atoms with Crippen LogP contribution in [0.4, 0.5) is 4.79 Å². The highest BCUT2D eigenvalue weighted by Gasteiger charge is 1.95. The molecule has 0 aromatic heterocycles. The third-order valence-corrected chi connectivity index (χ3v) is 1.21. The van der Waals surface area contributed by atoms with Crippen LogP contribution in [0.3, 0.4) is 0 Å². The number of hydrogen-bond donors (Lipinski definition) is 2. The monoisotopic (exact) mass is 174 g/mol. The maximum absolute atomic E-state index is 10.6. The fourth-order valence-corrected chi connectivity index (χ4v) is 0.644. The van der Waals surface area contributed by atoms with Crippen molar-refractivity contribution in [1.82, 2.24) is 10.6 Å². The zero-order chi connectivity index (χ0) is 9.40. The molecule has 0 aromatic rings. The Morgan fingerprint density at radius 1 is 1.50 bits per heavy atom. The molecule has 0 bridgehead atoms. The Bertz CT molecular complexity index is 126. The van der Waals surface area contributed by atoms with E-state index in [0.717, 1.165) is 6.61 Å². The van der Waals surface area contributed by atoms with Gasteiger partial charge in [-0.25, -0.2) is 4.79 Å². The third-order valence-electron chi connectivity index (χ3n) is 1.21. The quantitative estimate of drug-likeness (QED) is 0.599. The van der Waals surface area contributed by atoms with Crippen LogP contribution < -0.4 is 10.6 Å². The summed E-state index contributed by atoms with van der Waals surface area (Å²) in [5.41, 5.74) is 0. The van der Waals surface area contributed by atoms with Crippen molar-refractivity contribution in [3.8, 4) is 0 Å². The van der Waals surface area contributed by atoms with Crippen molar-refractivity contribution in [3.63, 3.8) is 0 Å². The fourth-order valence-electron chi connectivity index (χ4n) is 0.644. The van der Waals surface area contributed by atoms with Crippen molar-refractivity contribution >= 4 is 6.03 Å². The van der Waals surface area contributed by atoms with Gasteiger partial charge in [0, 0.05) is 20.2 Å². The summed E-state index contributed by atoms with van der Waals surface area (Å²) < 4.78 is 5.25. The summed E-state index contributed by atoms with van der Waals surface area (Å²) in [5.74, 6) is 0.546. The van der Waals surface area contributed by atoms with Crippen molar-refractivity contribution in [1.29, 1.82) is 0 Å². The lowest BCUT2D eigenvalue weighted by Gasteiger charge is -2.07. The topological polar surface area (TPSA) is 50.4 Å². The van der Waals surface area contributed by atoms with Gasteiger partial charge in [0.1, 0.15) is 0 Å². The van der Waals surface area contributed by atoms with Gasteiger partial charge in [-0.05, 0) is 5.92 Å². The van der Waals surface area contributed by atoms with Gasteiger partial charge in [-0.15, -0.1) is 0 Å². The highest BCUT2D eigenvalue weighted by molar-refractivity contribution is 5.73. The van der Waals surface area contributed by atoms with Crippen LogP contribution in [-0.2, 0) is 4.74 Å². The molecular formula is C8H18N2O2. The Morgan fingerprint density at radius 3 is 2.67 bits per heavy atom. The number of carbonyl (C=O) groups is 1. The molecule has 0 aliphatic carbocycles. The average molecular weight is 174 g/mol. The molecule has 12 heavy (non-hydrogen) atoms. The maximum atomic E-state index is 10.6. The Kier molecular flexibility index (Phi) is 6.47. The first kappa shape index (κ1) is 11.2. The Balaban J connectivity index is 3.05. The van der Waals surface area contributed by atoms with Crippen LogP contribution in [-0.4, -0.2) is 32.8 Å². The van der Waals surface area contributed by atoms with Crippen LogP contribution in [0.1, 0.15) is 13.8 Å². The smallest absolute Gasteiger partial charge is 0.314 e. The molecule has 0 rings (SSSR count). The van der Waals surface area contributed by atoms with Gasteiger partial charge in [0.05, 0.1) is 6.61 Å². The van der Waals surface area contributed by atoms with Gasteiger partial charge in [-0.1, -0.05) is 13.8 Å². The first-order valence-electron chi connectivity index (χ1n) is 4.20. The van der Waals surface area contributed by atoms with Gasteiger partial charge in [0.2, 0.25) is 0 Å². The molecule has 4 heteroatoms. The lowest BCUT2D eigenvalue weighted by molar-refractivity contribution is 0.112. The minimum Gasteiger partial charge on any atom is -0.379 e. The molecule has 0 heterocycles. The second kappa shape index (κ2) is 6.91. The van der Waals surface area contributed by atoms with E-state index in [-0.39, 0.29) is 6.03 Å². The Morgan fingerprint density at radius 2 is 2.17 bits per heavy atom. The first-order valence-corrected chi connectivity index (χ1v) is 4.20. The maximum Gasteiger partial charge on any atom is 0.314 e. The van der Waals surface area contributed by atoms with Gasteiger partial charge in [0.15, 0.2) is 0 Å². The molecule has 72 valence electrons. The van der Waals surface area contributed by atoms with Crippen molar-refractivity contribution < 1.29 is 9.53 Å². The van der Waals surface area contributed by atoms with Gasteiger partial charge >= 0.3 is 6.03 Å². The summed E-state index contributed by atoms with van der Waals surface area (Å²) in [6, 6.07) is -0.164. The zero-order valence-electron chi connectivity index (χ0n) is 8.02. The molecule has 0 unspecified atom stereocenters. The molecule has 0 saturated heterocycles. The molecule has 0 radical (unpaired) electrons. The van der Waals surface area contributed by atoms with E-state index >= 15 is 0 Å². The number of carbonyl (C=O) groups excluding carboxylic acids is 1. The SMILES string of the molecule is CNC(=O)NCCOCC(C)C. The number of urea groups is 1. The summed E-state index contributed by atoms with van der Waals surface area (Å²) in [6.07, 6.45) is 0. The summed E-state index contributed by atoms with van der Waals surface area (Å²) in [4.78, 5) is 10.6. The van der Waals surface area contributed by atoms with Crippen molar-refractivity contribution in [2.24, 2.45) is 5.92 Å². The van der Waals surface area contributed by atoms with Gasteiger partial charge < -0.3 is 15.4 Å². The predicted octanol–water partition coefficient (Wildman–Crippen LogP) is 0.588. The molecule has 0 aliphatic heterocycles. The first-order chi connectivity index (χ1) is 5.66. The van der Waals surface area contributed by atoms with E-state index in [1.54, 1.807) is 7.05 Å². The van der Waals surface area contributed by atoms with Crippen molar-refractivity contribution in [2.75, 3.05) is 26.8 Å². The zero-order valence-corrected chi connectivity index (χ0v) is 8.02. The molecule has 2 amide bonds. The standard InChI is InChI=1S/C8H18N2O2/c1-7(2)6-12-5-4-10-8(11)9-3/h7H,4-6H2,1-3H3,(H2,9,10,11). The molecule has 0 aliphatic rings. The average Bonchev–Trinajstić information content (AvgIpc) is 2.03. The van der Waals surface area contributed by atoms with E-state index in [9.17, 15) is 4.79 Å². The highest BCUT2D eigenvalue weighted by atomic mass is 16.5. The second-order valence-corrected chi connectivity index (χ2v) is 2.97. The second-order valence-electron chi connectivity index (χ2n) is 2.97. The molecule has 2 N–H and O–H groups in total. The molecule has 0 atom stereocenters. The van der Waals surface area contributed by atoms with Crippen LogP contribution in [0, 0.1) is 5.92 Å². The largest absolute Gasteiger partial charge is 0.379 e. The van der Waals surface area contributed by atoms with E-state index in [2.05, 4.69) is 24.5 Å². The lowest BCUT2D eigenvalue weighted by atomic mass is 10.2. The number of nitrogens with one attached hydrogen (secondary N) is 2. The van der Waals surface area contributed by atoms with E-state index in [1.165, 1.54) is 0 Å². The van der Waals surface area contributed by atoms with Gasteiger partial charge in [-0.2, -0.15) is 0 Å². The fraction of sp³-hybridized carbons (Fsp3) is 0.875. The number of amides is 2. The van der Waals surface area contributed by atoms with Crippen LogP contribution in [0.2, 0.25) is 0 Å². The van der Waals surface area contributed by atoms with Crippen LogP contribution in [0.15, 0.2) is 0 Å². The van der Waals surface area contributed by atoms with Crippen molar-refractivity contribution in [3.05, 3.63) is 0 Å². The van der Waals surface area contributed by atoms with Crippen LogP contribution in [0.5, 0.6) is 0 Å². The summed E-state index contributed by atoms with van der Waals surface area (Å²) in [6.45, 7) is 6.06. The molecule has 0 spiro atoms. The van der Waals surface area contributed by atoms with E-state index in [1.807, 2.05) is 0 Å². The molecule has 0 saturated carbocycles. The van der Waals surface area contributed by atoms with E-state index in [4.69, 9.17) is 4.74 Å². The summed E-state index contributed by atoms with van der Waals surface area (Å²) in [5, 5.41) is 5.09. The third kappa shape index (κ3) is 7.34. The number of rotatable bonds is 5. The lowest BCUT2D eigenvalue weighted by Crippen LogP contribution is -2.35. The van der Waals surface area contributed by atoms with Gasteiger partial charge in [0.25, 0.3) is 0 Å². The normalized spacial score (nSPS) is 10.0. The predicted molar refractivity (Wildman–Crippen MR) is 48.1 cm³/mol. The molecule has 4 nitrogen and oxygen atoms in total. The Hall–Kier alpha value is -0.770. The summed E-state index contributed by atoms with van der Waals surface area (Å²) >= 11 is 0. The highest BCUT2D eigenvalue weighted by Crippen LogP contribution is 1.90. The van der Waals surface area contributed by atoms with Crippen molar-refractivity contribution in [2.45, 2.75) is 13.8 Å². The van der Waals surface area contributed by atoms with E-state index < -0.39 is 0 Å². The Labute approximate surface area is 73.7 Å². The molecular weight excluding hydrogens is 156 g/mol. The van der Waals surface area contributed by atoms with Gasteiger partial charge in [-0.3, -0.25) is 0 Å². The van der Waals surface area contributed by atoms with E-state index in [0.29, 0.717) is 19.1 Å². The molecule has 0 aromatic carbocycles. The number of hydrogen-bond acceptors (Lipinski definition) is 2. The minimum absolute atomic E-state index is 0.164. The summed E-state index contributed by atoms with van der Waals surface area (Å²) in [7, 11) is 1.59. The van der Waals surface area contributed by atoms with Crippen LogP contribution in [0.25, 0.3) is 0 Å². The minimum atomic E-state index is -0.164.